The molecule has 27 heavy (non-hydrogen) atoms. The van der Waals surface area contributed by atoms with Crippen molar-refractivity contribution < 1.29 is 13.9 Å². The number of ether oxygens (including phenoxy) is 1. The molecule has 0 spiro atoms. The van der Waals surface area contributed by atoms with Gasteiger partial charge in [-0.1, -0.05) is 44.9 Å². The van der Waals surface area contributed by atoms with E-state index in [9.17, 15) is 9.18 Å². The maximum Gasteiger partial charge on any atom is 0.261 e. The molecule has 0 saturated carbocycles. The minimum Gasteiger partial charge on any atom is -0.376 e. The number of amides is 1. The molecule has 0 bridgehead atoms. The molecule has 1 aliphatic rings. The molecule has 1 amide bonds. The first-order valence-corrected chi connectivity index (χ1v) is 10.5. The second-order valence-corrected chi connectivity index (χ2v) is 8.59. The van der Waals surface area contributed by atoms with Gasteiger partial charge in [0.2, 0.25) is 0 Å². The quantitative estimate of drug-likeness (QED) is 0.494. The summed E-state index contributed by atoms with van der Waals surface area (Å²) >= 11 is 10.9. The van der Waals surface area contributed by atoms with Crippen LogP contribution >= 0.6 is 38.9 Å². The molecule has 1 fully saturated rings. The molecule has 1 atom stereocenters. The Morgan fingerprint density at radius 2 is 2.26 bits per heavy atom. The first-order valence-electron chi connectivity index (χ1n) is 8.46. The van der Waals surface area contributed by atoms with E-state index in [1.807, 2.05) is 0 Å². The van der Waals surface area contributed by atoms with Gasteiger partial charge in [0, 0.05) is 11.1 Å². The molecular formula is C19H15BrClFN2O2S. The lowest BCUT2D eigenvalue weighted by molar-refractivity contribution is 0.0917. The van der Waals surface area contributed by atoms with E-state index in [0.29, 0.717) is 33.6 Å². The Kier molecular flexibility index (Phi) is 5.45. The first-order chi connectivity index (χ1) is 13.0. The topological polar surface area (TPSA) is 42.4 Å². The molecule has 0 radical (unpaired) electrons. The summed E-state index contributed by atoms with van der Waals surface area (Å²) in [6.07, 6.45) is 1.75. The van der Waals surface area contributed by atoms with Crippen LogP contribution in [0.4, 0.5) is 9.52 Å². The van der Waals surface area contributed by atoms with Crippen molar-refractivity contribution in [3.63, 3.8) is 0 Å². The van der Waals surface area contributed by atoms with Crippen LogP contribution in [0.5, 0.6) is 0 Å². The average molecular weight is 470 g/mol. The molecule has 2 aromatic carbocycles. The molecule has 4 nitrogen and oxygen atoms in total. The van der Waals surface area contributed by atoms with E-state index >= 15 is 0 Å². The number of nitrogens with zero attached hydrogens (tertiary/aromatic N) is 2. The van der Waals surface area contributed by atoms with Crippen LogP contribution in [0.2, 0.25) is 5.02 Å². The lowest BCUT2D eigenvalue weighted by atomic mass is 10.1. The van der Waals surface area contributed by atoms with Crippen LogP contribution in [0.1, 0.15) is 23.2 Å². The number of rotatable bonds is 4. The third-order valence-electron chi connectivity index (χ3n) is 4.40. The molecule has 140 valence electrons. The Labute approximate surface area is 173 Å². The van der Waals surface area contributed by atoms with E-state index in [2.05, 4.69) is 20.9 Å². The molecule has 4 rings (SSSR count). The summed E-state index contributed by atoms with van der Waals surface area (Å²) in [5, 5.41) is 0.791. The maximum atomic E-state index is 14.1. The number of carbonyl (C=O) groups excluding carboxylic acids is 1. The Morgan fingerprint density at radius 3 is 3.00 bits per heavy atom. The minimum atomic E-state index is -0.403. The van der Waals surface area contributed by atoms with E-state index < -0.39 is 5.82 Å². The van der Waals surface area contributed by atoms with Gasteiger partial charge in [-0.3, -0.25) is 9.69 Å². The van der Waals surface area contributed by atoms with E-state index in [0.717, 1.165) is 17.3 Å². The predicted molar refractivity (Wildman–Crippen MR) is 109 cm³/mol. The number of hydrogen-bond donors (Lipinski definition) is 0. The van der Waals surface area contributed by atoms with Crippen molar-refractivity contribution >= 4 is 60.1 Å². The van der Waals surface area contributed by atoms with Crippen LogP contribution in [0.15, 0.2) is 40.9 Å². The van der Waals surface area contributed by atoms with Crippen molar-refractivity contribution in [1.29, 1.82) is 0 Å². The van der Waals surface area contributed by atoms with E-state index in [1.54, 1.807) is 35.2 Å². The highest BCUT2D eigenvalue weighted by molar-refractivity contribution is 9.10. The van der Waals surface area contributed by atoms with E-state index in [4.69, 9.17) is 16.3 Å². The Morgan fingerprint density at radius 1 is 1.41 bits per heavy atom. The molecular weight excluding hydrogens is 455 g/mol. The number of para-hydroxylation sites is 1. The second kappa shape index (κ2) is 7.83. The molecule has 1 saturated heterocycles. The van der Waals surface area contributed by atoms with Crippen molar-refractivity contribution in [3.05, 3.63) is 57.3 Å². The van der Waals surface area contributed by atoms with Crippen LogP contribution < -0.4 is 4.90 Å². The van der Waals surface area contributed by atoms with Gasteiger partial charge < -0.3 is 4.74 Å². The van der Waals surface area contributed by atoms with Gasteiger partial charge in [0.25, 0.3) is 5.91 Å². The Balaban J connectivity index is 1.76. The number of benzene rings is 2. The molecule has 1 unspecified atom stereocenters. The third-order valence-corrected chi connectivity index (χ3v) is 6.27. The van der Waals surface area contributed by atoms with Crippen LogP contribution in [0, 0.1) is 5.82 Å². The molecule has 1 aromatic heterocycles. The fraction of sp³-hybridized carbons (Fsp3) is 0.263. The van der Waals surface area contributed by atoms with Crippen LogP contribution in [-0.4, -0.2) is 30.1 Å². The van der Waals surface area contributed by atoms with Gasteiger partial charge >= 0.3 is 0 Å². The zero-order valence-corrected chi connectivity index (χ0v) is 17.3. The zero-order valence-electron chi connectivity index (χ0n) is 14.1. The SMILES string of the molecule is O=C(c1cc(Br)ccc1Cl)N(CC1CCCO1)c1nc2c(F)cccc2s1. The number of fused-ring (bicyclic) bond motifs is 1. The summed E-state index contributed by atoms with van der Waals surface area (Å²) in [6, 6.07) is 9.92. The van der Waals surface area contributed by atoms with Crippen LogP contribution in [0.25, 0.3) is 10.2 Å². The van der Waals surface area contributed by atoms with Gasteiger partial charge in [-0.25, -0.2) is 9.37 Å². The van der Waals surface area contributed by atoms with Gasteiger partial charge in [-0.2, -0.15) is 0 Å². The van der Waals surface area contributed by atoms with Gasteiger partial charge in [-0.15, -0.1) is 0 Å². The molecule has 1 aliphatic heterocycles. The third kappa shape index (κ3) is 3.87. The largest absolute Gasteiger partial charge is 0.376 e. The number of carbonyl (C=O) groups is 1. The summed E-state index contributed by atoms with van der Waals surface area (Å²) < 4.78 is 21.2. The highest BCUT2D eigenvalue weighted by Crippen LogP contribution is 2.33. The summed E-state index contributed by atoms with van der Waals surface area (Å²) in [5.41, 5.74) is 0.631. The van der Waals surface area contributed by atoms with Crippen LogP contribution in [0.3, 0.4) is 0 Å². The lowest BCUT2D eigenvalue weighted by Gasteiger charge is -2.23. The highest BCUT2D eigenvalue weighted by Gasteiger charge is 2.28. The van der Waals surface area contributed by atoms with Gasteiger partial charge in [0.15, 0.2) is 5.13 Å². The number of halogens is 3. The number of hydrogen-bond acceptors (Lipinski definition) is 4. The average Bonchev–Trinajstić information content (AvgIpc) is 3.31. The summed E-state index contributed by atoms with van der Waals surface area (Å²) in [5.74, 6) is -0.684. The van der Waals surface area contributed by atoms with E-state index in [-0.39, 0.29) is 17.5 Å². The summed E-state index contributed by atoms with van der Waals surface area (Å²) in [7, 11) is 0. The van der Waals surface area contributed by atoms with Gasteiger partial charge in [-0.05, 0) is 43.2 Å². The molecule has 0 aliphatic carbocycles. The molecule has 2 heterocycles. The van der Waals surface area contributed by atoms with Crippen molar-refractivity contribution in [2.24, 2.45) is 0 Å². The maximum absolute atomic E-state index is 14.1. The monoisotopic (exact) mass is 468 g/mol. The Hall–Kier alpha value is -1.54. The van der Waals surface area contributed by atoms with Crippen molar-refractivity contribution in [1.82, 2.24) is 4.98 Å². The fourth-order valence-corrected chi connectivity index (χ4v) is 4.61. The number of anilines is 1. The van der Waals surface area contributed by atoms with Crippen molar-refractivity contribution in [2.75, 3.05) is 18.1 Å². The lowest BCUT2D eigenvalue weighted by Crippen LogP contribution is -2.37. The first kappa shape index (κ1) is 18.8. The van der Waals surface area contributed by atoms with Gasteiger partial charge in [0.1, 0.15) is 11.3 Å². The second-order valence-electron chi connectivity index (χ2n) is 6.26. The number of thiazole rings is 1. The number of aromatic nitrogens is 1. The predicted octanol–water partition coefficient (Wildman–Crippen LogP) is 5.68. The molecule has 8 heteroatoms. The normalized spacial score (nSPS) is 16.8. The smallest absolute Gasteiger partial charge is 0.261 e. The molecule has 0 N–H and O–H groups in total. The fourth-order valence-electron chi connectivity index (χ4n) is 3.07. The highest BCUT2D eigenvalue weighted by atomic mass is 79.9. The van der Waals surface area contributed by atoms with Gasteiger partial charge in [0.05, 0.1) is 27.9 Å². The standard InChI is InChI=1S/C19H15BrClFN2O2S/c20-11-6-7-14(21)13(9-11)18(25)24(10-12-3-2-8-26-12)19-23-17-15(22)4-1-5-16(17)27-19/h1,4-7,9,12H,2-3,8,10H2. The minimum absolute atomic E-state index is 0.0725. The van der Waals surface area contributed by atoms with Crippen LogP contribution in [-0.2, 0) is 4.74 Å². The molecule has 3 aromatic rings. The van der Waals surface area contributed by atoms with Crippen molar-refractivity contribution in [3.8, 4) is 0 Å². The summed E-state index contributed by atoms with van der Waals surface area (Å²) in [6.45, 7) is 1.03. The zero-order chi connectivity index (χ0) is 19.0. The summed E-state index contributed by atoms with van der Waals surface area (Å²) in [4.78, 5) is 19.2. The Bertz CT molecular complexity index is 1010. The van der Waals surface area contributed by atoms with Crippen molar-refractivity contribution in [2.45, 2.75) is 18.9 Å². The van der Waals surface area contributed by atoms with E-state index in [1.165, 1.54) is 17.4 Å².